The standard InChI is InChI=1S/C16H28N4O/c1-4-10-21-16-14(17)15(18-11-19-16)20(3)13-8-6-12(5-2)7-9-13/h11-13H,4-10,17H2,1-3H3. The highest BCUT2D eigenvalue weighted by molar-refractivity contribution is 5.67. The molecule has 5 heteroatoms. The Bertz CT molecular complexity index is 444. The summed E-state index contributed by atoms with van der Waals surface area (Å²) < 4.78 is 5.60. The molecule has 0 bridgehead atoms. The fourth-order valence-electron chi connectivity index (χ4n) is 3.08. The number of hydrogen-bond acceptors (Lipinski definition) is 5. The van der Waals surface area contributed by atoms with Crippen molar-refractivity contribution < 1.29 is 4.74 Å². The van der Waals surface area contributed by atoms with E-state index in [4.69, 9.17) is 10.5 Å². The van der Waals surface area contributed by atoms with E-state index < -0.39 is 0 Å². The molecular weight excluding hydrogens is 264 g/mol. The van der Waals surface area contributed by atoms with Gasteiger partial charge in [0, 0.05) is 13.1 Å². The van der Waals surface area contributed by atoms with E-state index in [1.165, 1.54) is 32.1 Å². The summed E-state index contributed by atoms with van der Waals surface area (Å²) in [4.78, 5) is 10.7. The topological polar surface area (TPSA) is 64.3 Å². The zero-order valence-corrected chi connectivity index (χ0v) is 13.5. The average Bonchev–Trinajstić information content (AvgIpc) is 2.53. The quantitative estimate of drug-likeness (QED) is 0.872. The minimum absolute atomic E-state index is 0.510. The summed E-state index contributed by atoms with van der Waals surface area (Å²) in [7, 11) is 2.08. The number of anilines is 2. The molecule has 0 aliphatic heterocycles. The Morgan fingerprint density at radius 3 is 2.57 bits per heavy atom. The van der Waals surface area contributed by atoms with Crippen molar-refractivity contribution in [3.8, 4) is 5.88 Å². The maximum absolute atomic E-state index is 6.19. The van der Waals surface area contributed by atoms with Crippen molar-refractivity contribution in [2.75, 3.05) is 24.3 Å². The third kappa shape index (κ3) is 3.77. The molecule has 0 amide bonds. The van der Waals surface area contributed by atoms with Crippen LogP contribution >= 0.6 is 0 Å². The molecule has 0 radical (unpaired) electrons. The predicted molar refractivity (Wildman–Crippen MR) is 86.7 cm³/mol. The van der Waals surface area contributed by atoms with Crippen LogP contribution in [0.1, 0.15) is 52.4 Å². The van der Waals surface area contributed by atoms with Crippen LogP contribution in [-0.4, -0.2) is 29.7 Å². The fraction of sp³-hybridized carbons (Fsp3) is 0.750. The van der Waals surface area contributed by atoms with Crippen molar-refractivity contribution in [1.82, 2.24) is 9.97 Å². The molecule has 1 fully saturated rings. The molecule has 0 unspecified atom stereocenters. The lowest BCUT2D eigenvalue weighted by Gasteiger charge is -2.35. The summed E-state index contributed by atoms with van der Waals surface area (Å²) in [5.74, 6) is 2.20. The van der Waals surface area contributed by atoms with Crippen LogP contribution < -0.4 is 15.4 Å². The van der Waals surface area contributed by atoms with Crippen molar-refractivity contribution in [2.24, 2.45) is 5.92 Å². The Labute approximate surface area is 127 Å². The van der Waals surface area contributed by atoms with Gasteiger partial charge in [0.2, 0.25) is 5.88 Å². The van der Waals surface area contributed by atoms with E-state index >= 15 is 0 Å². The molecule has 5 nitrogen and oxygen atoms in total. The van der Waals surface area contributed by atoms with Crippen molar-refractivity contribution in [2.45, 2.75) is 58.4 Å². The van der Waals surface area contributed by atoms with Gasteiger partial charge in [0.05, 0.1) is 6.61 Å². The third-order valence-corrected chi connectivity index (χ3v) is 4.54. The van der Waals surface area contributed by atoms with Gasteiger partial charge in [-0.05, 0) is 38.0 Å². The molecule has 0 spiro atoms. The summed E-state index contributed by atoms with van der Waals surface area (Å²) in [6, 6.07) is 0.518. The van der Waals surface area contributed by atoms with Crippen molar-refractivity contribution >= 4 is 11.5 Å². The maximum Gasteiger partial charge on any atom is 0.242 e. The lowest BCUT2D eigenvalue weighted by Crippen LogP contribution is -2.36. The highest BCUT2D eigenvalue weighted by Gasteiger charge is 2.25. The first-order valence-electron chi connectivity index (χ1n) is 8.13. The van der Waals surface area contributed by atoms with E-state index in [0.717, 1.165) is 18.2 Å². The largest absolute Gasteiger partial charge is 0.476 e. The lowest BCUT2D eigenvalue weighted by molar-refractivity contribution is 0.304. The van der Waals surface area contributed by atoms with Crippen molar-refractivity contribution in [3.63, 3.8) is 0 Å². The zero-order chi connectivity index (χ0) is 15.2. The summed E-state index contributed by atoms with van der Waals surface area (Å²) in [6.07, 6.45) is 8.81. The first-order chi connectivity index (χ1) is 10.2. The van der Waals surface area contributed by atoms with E-state index in [0.29, 0.717) is 24.2 Å². The number of nitrogens with zero attached hydrogens (tertiary/aromatic N) is 3. The van der Waals surface area contributed by atoms with Crippen molar-refractivity contribution in [1.29, 1.82) is 0 Å². The van der Waals surface area contributed by atoms with Crippen LogP contribution in [0.25, 0.3) is 0 Å². The van der Waals surface area contributed by atoms with Gasteiger partial charge in [-0.15, -0.1) is 0 Å². The number of ether oxygens (including phenoxy) is 1. The van der Waals surface area contributed by atoms with Gasteiger partial charge in [0.1, 0.15) is 12.0 Å². The average molecular weight is 292 g/mol. The minimum Gasteiger partial charge on any atom is -0.476 e. The lowest BCUT2D eigenvalue weighted by atomic mass is 9.84. The zero-order valence-electron chi connectivity index (χ0n) is 13.5. The first-order valence-corrected chi connectivity index (χ1v) is 8.13. The number of hydrogen-bond donors (Lipinski definition) is 1. The molecule has 1 aromatic heterocycles. The van der Waals surface area contributed by atoms with Crippen LogP contribution in [0, 0.1) is 5.92 Å². The Kier molecular flexibility index (Phi) is 5.65. The predicted octanol–water partition coefficient (Wildman–Crippen LogP) is 3.25. The summed E-state index contributed by atoms with van der Waals surface area (Å²) in [6.45, 7) is 4.98. The smallest absolute Gasteiger partial charge is 0.242 e. The van der Waals surface area contributed by atoms with Crippen LogP contribution in [0.3, 0.4) is 0 Å². The minimum atomic E-state index is 0.510. The molecule has 1 saturated carbocycles. The fourth-order valence-corrected chi connectivity index (χ4v) is 3.08. The Morgan fingerprint density at radius 1 is 1.24 bits per heavy atom. The van der Waals surface area contributed by atoms with Gasteiger partial charge < -0.3 is 15.4 Å². The van der Waals surface area contributed by atoms with E-state index in [1.807, 2.05) is 0 Å². The van der Waals surface area contributed by atoms with Gasteiger partial charge in [0.25, 0.3) is 0 Å². The maximum atomic E-state index is 6.19. The second-order valence-corrected chi connectivity index (χ2v) is 5.96. The Hall–Kier alpha value is -1.52. The van der Waals surface area contributed by atoms with Gasteiger partial charge in [-0.2, -0.15) is 4.98 Å². The van der Waals surface area contributed by atoms with Gasteiger partial charge in [-0.3, -0.25) is 0 Å². The van der Waals surface area contributed by atoms with Crippen LogP contribution in [0.2, 0.25) is 0 Å². The number of nitrogens with two attached hydrogens (primary N) is 1. The normalized spacial score (nSPS) is 22.0. The summed E-state index contributed by atoms with van der Waals surface area (Å²) in [5, 5.41) is 0. The first kappa shape index (κ1) is 15.9. The van der Waals surface area contributed by atoms with E-state index in [9.17, 15) is 0 Å². The molecular formula is C16H28N4O. The number of rotatable bonds is 6. The van der Waals surface area contributed by atoms with E-state index in [1.54, 1.807) is 6.33 Å². The Morgan fingerprint density at radius 2 is 1.95 bits per heavy atom. The van der Waals surface area contributed by atoms with Crippen LogP contribution in [0.5, 0.6) is 5.88 Å². The van der Waals surface area contributed by atoms with Crippen LogP contribution in [0.4, 0.5) is 11.5 Å². The van der Waals surface area contributed by atoms with Gasteiger partial charge in [0.15, 0.2) is 5.82 Å². The molecule has 1 aliphatic rings. The van der Waals surface area contributed by atoms with Gasteiger partial charge >= 0.3 is 0 Å². The summed E-state index contributed by atoms with van der Waals surface area (Å²) >= 11 is 0. The summed E-state index contributed by atoms with van der Waals surface area (Å²) in [5.41, 5.74) is 6.75. The highest BCUT2D eigenvalue weighted by atomic mass is 16.5. The molecule has 1 heterocycles. The SMILES string of the molecule is CCCOc1ncnc(N(C)C2CCC(CC)CC2)c1N. The van der Waals surface area contributed by atoms with Crippen LogP contribution in [-0.2, 0) is 0 Å². The molecule has 1 aromatic rings. The molecule has 0 saturated heterocycles. The molecule has 118 valence electrons. The second kappa shape index (κ2) is 7.48. The molecule has 0 atom stereocenters. The molecule has 2 rings (SSSR count). The molecule has 0 aromatic carbocycles. The Balaban J connectivity index is 2.07. The second-order valence-electron chi connectivity index (χ2n) is 5.96. The number of aromatic nitrogens is 2. The van der Waals surface area contributed by atoms with E-state index in [2.05, 4.69) is 35.8 Å². The van der Waals surface area contributed by atoms with Crippen LogP contribution in [0.15, 0.2) is 6.33 Å². The number of nitrogen functional groups attached to an aromatic ring is 1. The van der Waals surface area contributed by atoms with Gasteiger partial charge in [-0.1, -0.05) is 20.3 Å². The molecule has 2 N–H and O–H groups in total. The van der Waals surface area contributed by atoms with Gasteiger partial charge in [-0.25, -0.2) is 4.98 Å². The highest BCUT2D eigenvalue weighted by Crippen LogP contribution is 2.34. The molecule has 1 aliphatic carbocycles. The monoisotopic (exact) mass is 292 g/mol. The molecule has 21 heavy (non-hydrogen) atoms. The third-order valence-electron chi connectivity index (χ3n) is 4.54. The van der Waals surface area contributed by atoms with Crippen molar-refractivity contribution in [3.05, 3.63) is 6.33 Å². The van der Waals surface area contributed by atoms with E-state index in [-0.39, 0.29) is 0 Å².